The summed E-state index contributed by atoms with van der Waals surface area (Å²) in [6, 6.07) is 5.33. The molecule has 0 aliphatic rings. The average Bonchev–Trinajstić information content (AvgIpc) is 2.10. The molecule has 0 atom stereocenters. The molecule has 0 aromatic heterocycles. The number of nitrogens with one attached hydrogen (secondary N) is 1. The molecule has 0 heterocycles. The van der Waals surface area contributed by atoms with Crippen LogP contribution in [0, 0.1) is 0 Å². The quantitative estimate of drug-likeness (QED) is 0.893. The van der Waals surface area contributed by atoms with Crippen LogP contribution in [0.3, 0.4) is 0 Å². The summed E-state index contributed by atoms with van der Waals surface area (Å²) in [4.78, 5) is 0. The Morgan fingerprint density at radius 2 is 2.14 bits per heavy atom. The predicted molar refractivity (Wildman–Crippen MR) is 56.9 cm³/mol. The zero-order valence-corrected chi connectivity index (χ0v) is 9.58. The van der Waals surface area contributed by atoms with Gasteiger partial charge in [-0.05, 0) is 33.6 Å². The van der Waals surface area contributed by atoms with Crippen LogP contribution in [0.15, 0.2) is 22.7 Å². The first-order chi connectivity index (χ1) is 6.59. The average molecular weight is 285 g/mol. The first kappa shape index (κ1) is 11.9. The van der Waals surface area contributed by atoms with Crippen LogP contribution in [0.2, 0.25) is 5.02 Å². The second kappa shape index (κ2) is 5.63. The molecule has 0 radical (unpaired) electrons. The maximum absolute atomic E-state index is 11.8. The molecule has 0 bridgehead atoms. The largest absolute Gasteiger partial charge is 0.307 e. The molecule has 0 aliphatic heterocycles. The van der Waals surface area contributed by atoms with Gasteiger partial charge < -0.3 is 5.32 Å². The molecule has 0 aliphatic carbocycles. The lowest BCUT2D eigenvalue weighted by Crippen LogP contribution is -2.20. The third-order valence-corrected chi connectivity index (χ3v) is 2.83. The van der Waals surface area contributed by atoms with E-state index < -0.39 is 6.43 Å². The van der Waals surface area contributed by atoms with Crippen molar-refractivity contribution < 1.29 is 8.78 Å². The summed E-state index contributed by atoms with van der Waals surface area (Å²) in [5.74, 6) is 0. The SMILES string of the molecule is FC(F)CNCc1ccc(Cl)c(Br)c1. The van der Waals surface area contributed by atoms with E-state index in [1.54, 1.807) is 18.2 Å². The normalized spacial score (nSPS) is 10.9. The van der Waals surface area contributed by atoms with E-state index in [0.717, 1.165) is 10.0 Å². The molecule has 1 nitrogen and oxygen atoms in total. The number of alkyl halides is 2. The van der Waals surface area contributed by atoms with E-state index in [4.69, 9.17) is 11.6 Å². The lowest BCUT2D eigenvalue weighted by atomic mass is 10.2. The summed E-state index contributed by atoms with van der Waals surface area (Å²) in [7, 11) is 0. The van der Waals surface area contributed by atoms with E-state index in [9.17, 15) is 8.78 Å². The lowest BCUT2D eigenvalue weighted by Gasteiger charge is -2.05. The van der Waals surface area contributed by atoms with Crippen molar-refractivity contribution in [2.75, 3.05) is 6.54 Å². The van der Waals surface area contributed by atoms with Crippen LogP contribution in [-0.2, 0) is 6.54 Å². The molecule has 0 unspecified atom stereocenters. The van der Waals surface area contributed by atoms with Crippen LogP contribution in [0.1, 0.15) is 5.56 Å². The van der Waals surface area contributed by atoms with Gasteiger partial charge in [0.1, 0.15) is 0 Å². The second-order valence-electron chi connectivity index (χ2n) is 2.77. The van der Waals surface area contributed by atoms with Crippen molar-refractivity contribution >= 4 is 27.5 Å². The Morgan fingerprint density at radius 3 is 2.71 bits per heavy atom. The molecule has 1 aromatic rings. The van der Waals surface area contributed by atoms with Gasteiger partial charge >= 0.3 is 0 Å². The van der Waals surface area contributed by atoms with Crippen molar-refractivity contribution in [1.82, 2.24) is 5.32 Å². The Labute approximate surface area is 94.6 Å². The van der Waals surface area contributed by atoms with E-state index in [2.05, 4.69) is 21.2 Å². The van der Waals surface area contributed by atoms with Crippen LogP contribution in [0.5, 0.6) is 0 Å². The fourth-order valence-corrected chi connectivity index (χ4v) is 1.52. The summed E-state index contributed by atoms with van der Waals surface area (Å²) in [5.41, 5.74) is 0.918. The van der Waals surface area contributed by atoms with Gasteiger partial charge in [0, 0.05) is 11.0 Å². The van der Waals surface area contributed by atoms with E-state index >= 15 is 0 Å². The van der Waals surface area contributed by atoms with Crippen molar-refractivity contribution in [2.24, 2.45) is 0 Å². The Hall–Kier alpha value is -0.190. The second-order valence-corrected chi connectivity index (χ2v) is 4.03. The van der Waals surface area contributed by atoms with Gasteiger partial charge in [0.2, 0.25) is 0 Å². The van der Waals surface area contributed by atoms with Crippen LogP contribution in [0.25, 0.3) is 0 Å². The molecule has 0 saturated carbocycles. The fourth-order valence-electron chi connectivity index (χ4n) is 0.975. The maximum Gasteiger partial charge on any atom is 0.250 e. The first-order valence-corrected chi connectivity index (χ1v) is 5.19. The van der Waals surface area contributed by atoms with Crippen LogP contribution < -0.4 is 5.32 Å². The Morgan fingerprint density at radius 1 is 1.43 bits per heavy atom. The smallest absolute Gasteiger partial charge is 0.250 e. The molecule has 0 amide bonds. The van der Waals surface area contributed by atoms with Gasteiger partial charge in [-0.1, -0.05) is 17.7 Å². The van der Waals surface area contributed by atoms with E-state index in [0.29, 0.717) is 11.6 Å². The Kier molecular flexibility index (Phi) is 4.78. The molecule has 5 heteroatoms. The number of halogens is 4. The van der Waals surface area contributed by atoms with Gasteiger partial charge in [0.05, 0.1) is 11.6 Å². The summed E-state index contributed by atoms with van der Waals surface area (Å²) in [6.07, 6.45) is -2.31. The topological polar surface area (TPSA) is 12.0 Å². The van der Waals surface area contributed by atoms with Crippen molar-refractivity contribution in [2.45, 2.75) is 13.0 Å². The third-order valence-electron chi connectivity index (χ3n) is 1.61. The number of benzene rings is 1. The molecule has 14 heavy (non-hydrogen) atoms. The first-order valence-electron chi connectivity index (χ1n) is 4.02. The monoisotopic (exact) mass is 283 g/mol. The molecule has 1 N–H and O–H groups in total. The summed E-state index contributed by atoms with van der Waals surface area (Å²) < 4.78 is 24.3. The predicted octanol–water partition coefficient (Wildman–Crippen LogP) is 3.46. The van der Waals surface area contributed by atoms with Crippen LogP contribution in [-0.4, -0.2) is 13.0 Å². The zero-order chi connectivity index (χ0) is 10.6. The van der Waals surface area contributed by atoms with Gasteiger partial charge in [0.25, 0.3) is 6.43 Å². The zero-order valence-electron chi connectivity index (χ0n) is 7.24. The highest BCUT2D eigenvalue weighted by Crippen LogP contribution is 2.22. The molecule has 1 rings (SSSR count). The minimum atomic E-state index is -2.31. The highest BCUT2D eigenvalue weighted by Gasteiger charge is 2.02. The Balaban J connectivity index is 2.47. The van der Waals surface area contributed by atoms with E-state index in [-0.39, 0.29) is 6.54 Å². The molecule has 78 valence electrons. The van der Waals surface area contributed by atoms with Crippen LogP contribution in [0.4, 0.5) is 8.78 Å². The highest BCUT2D eigenvalue weighted by molar-refractivity contribution is 9.10. The van der Waals surface area contributed by atoms with Gasteiger partial charge in [-0.2, -0.15) is 0 Å². The molecular formula is C9H9BrClF2N. The molecular weight excluding hydrogens is 275 g/mol. The van der Waals surface area contributed by atoms with E-state index in [1.807, 2.05) is 0 Å². The molecule has 0 spiro atoms. The number of hydrogen-bond donors (Lipinski definition) is 1. The molecule has 1 aromatic carbocycles. The van der Waals surface area contributed by atoms with Gasteiger partial charge in [0.15, 0.2) is 0 Å². The number of rotatable bonds is 4. The summed E-state index contributed by atoms with van der Waals surface area (Å²) in [6.45, 7) is 0.125. The maximum atomic E-state index is 11.8. The minimum absolute atomic E-state index is 0.291. The van der Waals surface area contributed by atoms with Gasteiger partial charge in [-0.3, -0.25) is 0 Å². The summed E-state index contributed by atoms with van der Waals surface area (Å²) >= 11 is 9.04. The van der Waals surface area contributed by atoms with Crippen molar-refractivity contribution in [3.8, 4) is 0 Å². The standard InChI is InChI=1S/C9H9BrClF2N/c10-7-3-6(1-2-8(7)11)4-14-5-9(12)13/h1-3,9,14H,4-5H2. The lowest BCUT2D eigenvalue weighted by molar-refractivity contribution is 0.145. The van der Waals surface area contributed by atoms with Gasteiger partial charge in [-0.15, -0.1) is 0 Å². The fraction of sp³-hybridized carbons (Fsp3) is 0.333. The van der Waals surface area contributed by atoms with Gasteiger partial charge in [-0.25, -0.2) is 8.78 Å². The third kappa shape index (κ3) is 3.90. The Bertz CT molecular complexity index is 307. The van der Waals surface area contributed by atoms with E-state index in [1.165, 1.54) is 0 Å². The van der Waals surface area contributed by atoms with Crippen LogP contribution >= 0.6 is 27.5 Å². The molecule has 0 fully saturated rings. The minimum Gasteiger partial charge on any atom is -0.307 e. The molecule has 0 saturated heterocycles. The summed E-state index contributed by atoms with van der Waals surface area (Å²) in [5, 5.41) is 3.25. The van der Waals surface area contributed by atoms with Crippen molar-refractivity contribution in [3.63, 3.8) is 0 Å². The van der Waals surface area contributed by atoms with Crippen molar-refractivity contribution in [3.05, 3.63) is 33.3 Å². The highest BCUT2D eigenvalue weighted by atomic mass is 79.9. The number of hydrogen-bond acceptors (Lipinski definition) is 1. The van der Waals surface area contributed by atoms with Crippen molar-refractivity contribution in [1.29, 1.82) is 0 Å².